The molecule has 2 aromatic heterocycles. The summed E-state index contributed by atoms with van der Waals surface area (Å²) < 4.78 is 67.3. The van der Waals surface area contributed by atoms with E-state index in [0.29, 0.717) is 12.4 Å². The van der Waals surface area contributed by atoms with Crippen molar-refractivity contribution in [1.82, 2.24) is 29.9 Å². The van der Waals surface area contributed by atoms with E-state index >= 15 is 0 Å². The molecule has 1 atom stereocenters. The molecule has 1 aliphatic heterocycles. The number of carbonyl (C=O) groups is 1. The molecule has 1 aliphatic rings. The number of aromatic nitrogens is 5. The number of rotatable bonds is 5. The van der Waals surface area contributed by atoms with Crippen LogP contribution in [0.1, 0.15) is 27.9 Å². The third-order valence-electron chi connectivity index (χ3n) is 5.23. The van der Waals surface area contributed by atoms with Gasteiger partial charge < -0.3 is 10.2 Å². The van der Waals surface area contributed by atoms with Crippen molar-refractivity contribution in [2.45, 2.75) is 24.6 Å². The fraction of sp³-hybridized carbons (Fsp3) is 0.300. The number of likely N-dealkylation sites (tertiary alicyclic amines) is 1. The largest absolute Gasteiger partial charge is 0.419 e. The normalized spacial score (nSPS) is 17.4. The van der Waals surface area contributed by atoms with Gasteiger partial charge in [0.2, 0.25) is 5.95 Å². The topological polar surface area (TPSA) is 113 Å². The van der Waals surface area contributed by atoms with E-state index in [1.807, 2.05) is 6.07 Å². The van der Waals surface area contributed by atoms with E-state index in [0.717, 1.165) is 9.70 Å². The highest BCUT2D eigenvalue weighted by molar-refractivity contribution is 5.98. The van der Waals surface area contributed by atoms with Gasteiger partial charge in [0.15, 0.2) is 0 Å². The number of benzene rings is 1. The zero-order valence-electron chi connectivity index (χ0n) is 17.2. The molecule has 1 unspecified atom stereocenters. The van der Waals surface area contributed by atoms with E-state index in [2.05, 4.69) is 25.5 Å². The van der Waals surface area contributed by atoms with Crippen LogP contribution in [0, 0.1) is 11.3 Å². The lowest BCUT2D eigenvalue weighted by atomic mass is 10.1. The second kappa shape index (κ2) is 8.65. The molecule has 9 nitrogen and oxygen atoms in total. The van der Waals surface area contributed by atoms with Crippen molar-refractivity contribution in [1.29, 1.82) is 5.26 Å². The highest BCUT2D eigenvalue weighted by Gasteiger charge is 2.51. The third-order valence-corrected chi connectivity index (χ3v) is 5.23. The van der Waals surface area contributed by atoms with Crippen molar-refractivity contribution < 1.29 is 26.7 Å². The van der Waals surface area contributed by atoms with Crippen LogP contribution in [-0.2, 0) is 6.18 Å². The van der Waals surface area contributed by atoms with Gasteiger partial charge in [-0.1, -0.05) is 0 Å². The second-order valence-corrected chi connectivity index (χ2v) is 7.36. The Morgan fingerprint density at radius 3 is 2.50 bits per heavy atom. The highest BCUT2D eigenvalue weighted by atomic mass is 19.4. The fourth-order valence-electron chi connectivity index (χ4n) is 3.52. The third kappa shape index (κ3) is 4.49. The van der Waals surface area contributed by atoms with Gasteiger partial charge in [-0.25, -0.2) is 18.7 Å². The molecule has 1 fully saturated rings. The molecule has 0 bridgehead atoms. The number of nitrogens with one attached hydrogen (secondary N) is 1. The number of carbonyl (C=O) groups excluding carboxylic acids is 1. The molecule has 14 heteroatoms. The molecule has 0 radical (unpaired) electrons. The summed E-state index contributed by atoms with van der Waals surface area (Å²) in [5.41, 5.74) is -0.804. The number of amides is 1. The molecule has 0 aliphatic carbocycles. The molecule has 176 valence electrons. The summed E-state index contributed by atoms with van der Waals surface area (Å²) in [5.74, 6) is -4.36. The van der Waals surface area contributed by atoms with Crippen molar-refractivity contribution in [3.63, 3.8) is 0 Å². The molecule has 1 saturated heterocycles. The molecule has 0 spiro atoms. The zero-order valence-corrected chi connectivity index (χ0v) is 17.2. The monoisotopic (exact) mass is 478 g/mol. The summed E-state index contributed by atoms with van der Waals surface area (Å²) in [6.07, 6.45) is -1.46. The van der Waals surface area contributed by atoms with Crippen LogP contribution in [0.2, 0.25) is 0 Å². The van der Waals surface area contributed by atoms with Crippen LogP contribution in [0.5, 0.6) is 0 Å². The van der Waals surface area contributed by atoms with Crippen molar-refractivity contribution in [3.8, 4) is 11.8 Å². The van der Waals surface area contributed by atoms with Crippen molar-refractivity contribution >= 4 is 11.9 Å². The van der Waals surface area contributed by atoms with Gasteiger partial charge in [0, 0.05) is 31.9 Å². The molecule has 0 saturated carbocycles. The Kier molecular flexibility index (Phi) is 5.86. The predicted molar refractivity (Wildman–Crippen MR) is 106 cm³/mol. The van der Waals surface area contributed by atoms with Crippen LogP contribution < -0.4 is 5.32 Å². The molecule has 1 aromatic carbocycles. The Morgan fingerprint density at radius 2 is 1.88 bits per heavy atom. The zero-order chi connectivity index (χ0) is 24.5. The van der Waals surface area contributed by atoms with Gasteiger partial charge in [-0.2, -0.15) is 33.4 Å². The lowest BCUT2D eigenvalue weighted by Gasteiger charge is -2.28. The molecular weight excluding hydrogens is 463 g/mol. The van der Waals surface area contributed by atoms with Gasteiger partial charge in [-0.15, -0.1) is 0 Å². The Balaban J connectivity index is 1.59. The Bertz CT molecular complexity index is 1220. The SMILES string of the molecule is N#Cc1ccc(-n2nccn2)c(C(=O)N2CCC(F)(F)C2CNc2ncc(C(F)(F)F)cn2)c1. The lowest BCUT2D eigenvalue weighted by Crippen LogP contribution is -2.47. The number of alkyl halides is 5. The summed E-state index contributed by atoms with van der Waals surface area (Å²) in [7, 11) is 0. The predicted octanol–water partition coefficient (Wildman–Crippen LogP) is 2.91. The van der Waals surface area contributed by atoms with Crippen LogP contribution in [0.4, 0.5) is 27.9 Å². The van der Waals surface area contributed by atoms with E-state index in [1.54, 1.807) is 0 Å². The summed E-state index contributed by atoms with van der Waals surface area (Å²) >= 11 is 0. The van der Waals surface area contributed by atoms with E-state index in [9.17, 15) is 32.0 Å². The number of hydrogen-bond donors (Lipinski definition) is 1. The van der Waals surface area contributed by atoms with Crippen molar-refractivity contribution in [2.24, 2.45) is 0 Å². The summed E-state index contributed by atoms with van der Waals surface area (Å²) in [4.78, 5) is 22.4. The average molecular weight is 478 g/mol. The molecule has 3 aromatic rings. The maximum absolute atomic E-state index is 14.7. The highest BCUT2D eigenvalue weighted by Crippen LogP contribution is 2.36. The van der Waals surface area contributed by atoms with Crippen LogP contribution in [0.25, 0.3) is 5.69 Å². The molecule has 3 heterocycles. The summed E-state index contributed by atoms with van der Waals surface area (Å²) in [5, 5.41) is 19.6. The smallest absolute Gasteiger partial charge is 0.352 e. The molecule has 1 amide bonds. The summed E-state index contributed by atoms with van der Waals surface area (Å²) in [6, 6.07) is 4.39. The molecular formula is C20H15F5N8O. The standard InChI is InChI=1S/C20H15F5N8O/c21-19(22)3-6-32(16(19)11-29-18-27-9-13(10-28-18)20(23,24)25)17(34)14-7-12(8-26)1-2-15(14)33-30-4-5-31-33/h1-2,4-5,7,9-10,16H,3,6,11H2,(H,27,28,29). The molecule has 4 rings (SSSR count). The molecule has 1 N–H and O–H groups in total. The van der Waals surface area contributed by atoms with Crippen LogP contribution in [0.15, 0.2) is 43.0 Å². The van der Waals surface area contributed by atoms with Crippen LogP contribution in [-0.4, -0.2) is 60.8 Å². The number of anilines is 1. The first-order valence-corrected chi connectivity index (χ1v) is 9.83. The minimum absolute atomic E-state index is 0.0521. The second-order valence-electron chi connectivity index (χ2n) is 7.36. The molecule has 34 heavy (non-hydrogen) atoms. The van der Waals surface area contributed by atoms with E-state index in [1.165, 1.54) is 30.6 Å². The van der Waals surface area contributed by atoms with Gasteiger partial charge in [-0.05, 0) is 18.2 Å². The summed E-state index contributed by atoms with van der Waals surface area (Å²) in [6.45, 7) is -0.799. The number of hydrogen-bond acceptors (Lipinski definition) is 7. The maximum atomic E-state index is 14.7. The first kappa shape index (κ1) is 23.0. The van der Waals surface area contributed by atoms with E-state index in [4.69, 9.17) is 0 Å². The number of halogens is 5. The average Bonchev–Trinajstić information content (AvgIpc) is 3.44. The van der Waals surface area contributed by atoms with E-state index in [-0.39, 0.29) is 29.3 Å². The van der Waals surface area contributed by atoms with Crippen LogP contribution in [0.3, 0.4) is 0 Å². The fourth-order valence-corrected chi connectivity index (χ4v) is 3.52. The first-order valence-electron chi connectivity index (χ1n) is 9.83. The van der Waals surface area contributed by atoms with Gasteiger partial charge in [0.1, 0.15) is 6.04 Å². The number of nitriles is 1. The Labute approximate surface area is 188 Å². The van der Waals surface area contributed by atoms with E-state index < -0.39 is 42.6 Å². The number of nitrogens with zero attached hydrogens (tertiary/aromatic N) is 7. The Hall–Kier alpha value is -4.15. The minimum atomic E-state index is -4.64. The quantitative estimate of drug-likeness (QED) is 0.561. The first-order chi connectivity index (χ1) is 16.1. The van der Waals surface area contributed by atoms with Gasteiger partial charge in [0.25, 0.3) is 11.8 Å². The maximum Gasteiger partial charge on any atom is 0.419 e. The van der Waals surface area contributed by atoms with Gasteiger partial charge in [0.05, 0.1) is 40.8 Å². The van der Waals surface area contributed by atoms with Crippen molar-refractivity contribution in [3.05, 3.63) is 59.7 Å². The minimum Gasteiger partial charge on any atom is -0.352 e. The Morgan fingerprint density at radius 1 is 1.21 bits per heavy atom. The van der Waals surface area contributed by atoms with Crippen molar-refractivity contribution in [2.75, 3.05) is 18.4 Å². The van der Waals surface area contributed by atoms with Gasteiger partial charge >= 0.3 is 6.18 Å². The van der Waals surface area contributed by atoms with Crippen LogP contribution >= 0.6 is 0 Å². The van der Waals surface area contributed by atoms with Gasteiger partial charge in [-0.3, -0.25) is 4.79 Å². The lowest BCUT2D eigenvalue weighted by molar-refractivity contribution is -0.138.